The second-order valence-corrected chi connectivity index (χ2v) is 5.34. The third kappa shape index (κ3) is 8.40. The minimum absolute atomic E-state index is 0.244. The van der Waals surface area contributed by atoms with Crippen molar-refractivity contribution < 1.29 is 14.3 Å². The van der Waals surface area contributed by atoms with Crippen LogP contribution < -0.4 is 15.5 Å². The predicted molar refractivity (Wildman–Crippen MR) is 90.3 cm³/mol. The maximum absolute atomic E-state index is 11.6. The van der Waals surface area contributed by atoms with Crippen molar-refractivity contribution in [3.8, 4) is 5.75 Å². The number of hydrogen-bond acceptors (Lipinski definition) is 4. The second-order valence-electron chi connectivity index (χ2n) is 5.34. The summed E-state index contributed by atoms with van der Waals surface area (Å²) in [7, 11) is 0. The van der Waals surface area contributed by atoms with Gasteiger partial charge in [0.25, 0.3) is 0 Å². The van der Waals surface area contributed by atoms with Gasteiger partial charge in [0, 0.05) is 6.54 Å². The van der Waals surface area contributed by atoms with Crippen molar-refractivity contribution >= 4 is 18.0 Å². The van der Waals surface area contributed by atoms with Gasteiger partial charge in [-0.3, -0.25) is 9.59 Å². The molecule has 0 fully saturated rings. The van der Waals surface area contributed by atoms with Gasteiger partial charge in [-0.2, -0.15) is 5.10 Å². The Morgan fingerprint density at radius 2 is 2.13 bits per heavy atom. The summed E-state index contributed by atoms with van der Waals surface area (Å²) in [5.41, 5.74) is 3.10. The van der Waals surface area contributed by atoms with Crippen LogP contribution >= 0.6 is 0 Å². The average Bonchev–Trinajstić information content (AvgIpc) is 2.51. The number of ether oxygens (including phenoxy) is 1. The first-order valence-corrected chi connectivity index (χ1v) is 7.43. The van der Waals surface area contributed by atoms with E-state index >= 15 is 0 Å². The van der Waals surface area contributed by atoms with Crippen molar-refractivity contribution in [1.82, 2.24) is 10.7 Å². The summed E-state index contributed by atoms with van der Waals surface area (Å²) in [5, 5.41) is 6.50. The minimum Gasteiger partial charge on any atom is -0.490 e. The van der Waals surface area contributed by atoms with Crippen LogP contribution in [0.1, 0.15) is 25.8 Å². The van der Waals surface area contributed by atoms with Gasteiger partial charge in [-0.05, 0) is 23.6 Å². The largest absolute Gasteiger partial charge is 0.490 e. The van der Waals surface area contributed by atoms with Crippen molar-refractivity contribution in [3.63, 3.8) is 0 Å². The van der Waals surface area contributed by atoms with Crippen LogP contribution in [0.2, 0.25) is 0 Å². The van der Waals surface area contributed by atoms with Gasteiger partial charge in [0.15, 0.2) is 0 Å². The number of nitrogens with zero attached hydrogens (tertiary/aromatic N) is 1. The molecular weight excluding hydrogens is 294 g/mol. The summed E-state index contributed by atoms with van der Waals surface area (Å²) < 4.78 is 5.40. The standard InChI is InChI=1S/C17H23N3O3/c1-4-8-23-15-7-5-6-14(9-15)12-19-20-17(22)10-16(21)18-11-13(2)3/h4-7,9,12-13H,1,8,10-11H2,2-3H3,(H,18,21)(H,20,22)/b19-12-. The van der Waals surface area contributed by atoms with E-state index in [1.54, 1.807) is 12.1 Å². The second kappa shape index (κ2) is 10.2. The first-order chi connectivity index (χ1) is 11.0. The number of rotatable bonds is 9. The molecule has 0 aliphatic heterocycles. The average molecular weight is 317 g/mol. The van der Waals surface area contributed by atoms with Crippen LogP contribution in [0.25, 0.3) is 0 Å². The molecule has 2 amide bonds. The molecular formula is C17H23N3O3. The van der Waals surface area contributed by atoms with Gasteiger partial charge in [0.2, 0.25) is 11.8 Å². The molecule has 0 aromatic heterocycles. The van der Waals surface area contributed by atoms with Gasteiger partial charge in [-0.1, -0.05) is 38.6 Å². The third-order valence-electron chi connectivity index (χ3n) is 2.66. The fourth-order valence-electron chi connectivity index (χ4n) is 1.58. The highest BCUT2D eigenvalue weighted by Crippen LogP contribution is 2.11. The molecule has 1 aromatic carbocycles. The van der Waals surface area contributed by atoms with E-state index in [9.17, 15) is 9.59 Å². The molecule has 1 aromatic rings. The van der Waals surface area contributed by atoms with Crippen molar-refractivity contribution in [3.05, 3.63) is 42.5 Å². The number of carbonyl (C=O) groups excluding carboxylic acids is 2. The molecule has 6 heteroatoms. The molecule has 2 N–H and O–H groups in total. The van der Waals surface area contributed by atoms with Gasteiger partial charge in [0.05, 0.1) is 6.21 Å². The normalized spacial score (nSPS) is 10.6. The van der Waals surface area contributed by atoms with E-state index in [-0.39, 0.29) is 12.3 Å². The lowest BCUT2D eigenvalue weighted by Crippen LogP contribution is -2.32. The van der Waals surface area contributed by atoms with E-state index in [4.69, 9.17) is 4.74 Å². The molecule has 0 saturated heterocycles. The van der Waals surface area contributed by atoms with Crippen LogP contribution in [-0.2, 0) is 9.59 Å². The van der Waals surface area contributed by atoms with Gasteiger partial charge in [0.1, 0.15) is 18.8 Å². The lowest BCUT2D eigenvalue weighted by molar-refractivity contribution is -0.129. The Morgan fingerprint density at radius 3 is 2.83 bits per heavy atom. The van der Waals surface area contributed by atoms with Gasteiger partial charge < -0.3 is 10.1 Å². The van der Waals surface area contributed by atoms with Crippen molar-refractivity contribution in [2.45, 2.75) is 20.3 Å². The summed E-state index contributed by atoms with van der Waals surface area (Å²) in [6, 6.07) is 7.25. The number of benzene rings is 1. The molecule has 124 valence electrons. The summed E-state index contributed by atoms with van der Waals surface area (Å²) >= 11 is 0. The first kappa shape index (κ1) is 18.4. The Hall–Kier alpha value is -2.63. The van der Waals surface area contributed by atoms with E-state index in [1.807, 2.05) is 32.0 Å². The quantitative estimate of drug-likeness (QED) is 0.316. The number of amides is 2. The molecule has 6 nitrogen and oxygen atoms in total. The molecule has 0 aliphatic rings. The van der Waals surface area contributed by atoms with Crippen LogP contribution in [0, 0.1) is 5.92 Å². The Bertz CT molecular complexity index is 568. The summed E-state index contributed by atoms with van der Waals surface area (Å²) in [4.78, 5) is 23.1. The zero-order valence-electron chi connectivity index (χ0n) is 13.5. The first-order valence-electron chi connectivity index (χ1n) is 7.43. The Balaban J connectivity index is 2.41. The number of carbonyl (C=O) groups is 2. The zero-order chi connectivity index (χ0) is 17.1. The van der Waals surface area contributed by atoms with Crippen LogP contribution in [0.3, 0.4) is 0 Å². The molecule has 0 spiro atoms. The molecule has 1 rings (SSSR count). The van der Waals surface area contributed by atoms with Crippen LogP contribution in [0.4, 0.5) is 0 Å². The molecule has 0 saturated carbocycles. The molecule has 23 heavy (non-hydrogen) atoms. The van der Waals surface area contributed by atoms with Crippen molar-refractivity contribution in [2.75, 3.05) is 13.2 Å². The maximum atomic E-state index is 11.6. The van der Waals surface area contributed by atoms with E-state index < -0.39 is 5.91 Å². The molecule has 0 aliphatic carbocycles. The third-order valence-corrected chi connectivity index (χ3v) is 2.66. The molecule has 0 radical (unpaired) electrons. The Morgan fingerprint density at radius 1 is 1.35 bits per heavy atom. The molecule has 0 heterocycles. The molecule has 0 atom stereocenters. The monoisotopic (exact) mass is 317 g/mol. The number of hydrogen-bond donors (Lipinski definition) is 2. The Kier molecular flexibility index (Phi) is 8.13. The SMILES string of the molecule is C=CCOc1cccc(/C=N\NC(=O)CC(=O)NCC(C)C)c1. The maximum Gasteiger partial charge on any atom is 0.249 e. The Labute approximate surface area is 136 Å². The van der Waals surface area contributed by atoms with Gasteiger partial charge in [-0.25, -0.2) is 5.43 Å². The highest BCUT2D eigenvalue weighted by atomic mass is 16.5. The molecule has 0 bridgehead atoms. The lowest BCUT2D eigenvalue weighted by Gasteiger charge is -2.06. The van der Waals surface area contributed by atoms with E-state index in [0.717, 1.165) is 5.56 Å². The lowest BCUT2D eigenvalue weighted by atomic mass is 10.2. The van der Waals surface area contributed by atoms with E-state index in [2.05, 4.69) is 22.4 Å². The summed E-state index contributed by atoms with van der Waals surface area (Å²) in [6.45, 7) is 8.52. The summed E-state index contributed by atoms with van der Waals surface area (Å²) in [6.07, 6.45) is 2.91. The topological polar surface area (TPSA) is 79.8 Å². The fraction of sp³-hybridized carbons (Fsp3) is 0.353. The molecule has 0 unspecified atom stereocenters. The highest BCUT2D eigenvalue weighted by molar-refractivity contribution is 5.97. The van der Waals surface area contributed by atoms with Gasteiger partial charge in [-0.15, -0.1) is 0 Å². The minimum atomic E-state index is -0.457. The van der Waals surface area contributed by atoms with Crippen molar-refractivity contribution in [1.29, 1.82) is 0 Å². The number of hydrazone groups is 1. The summed E-state index contributed by atoms with van der Waals surface area (Å²) in [5.74, 6) is 0.261. The highest BCUT2D eigenvalue weighted by Gasteiger charge is 2.08. The van der Waals surface area contributed by atoms with Crippen molar-refractivity contribution in [2.24, 2.45) is 11.0 Å². The predicted octanol–water partition coefficient (Wildman–Crippen LogP) is 1.86. The smallest absolute Gasteiger partial charge is 0.249 e. The zero-order valence-corrected chi connectivity index (χ0v) is 13.5. The van der Waals surface area contributed by atoms with Crippen LogP contribution in [0.15, 0.2) is 42.0 Å². The van der Waals surface area contributed by atoms with Gasteiger partial charge >= 0.3 is 0 Å². The van der Waals surface area contributed by atoms with Crippen LogP contribution in [0.5, 0.6) is 5.75 Å². The number of nitrogens with one attached hydrogen (secondary N) is 2. The van der Waals surface area contributed by atoms with Crippen LogP contribution in [-0.4, -0.2) is 31.2 Å². The fourth-order valence-corrected chi connectivity index (χ4v) is 1.58. The van der Waals surface area contributed by atoms with E-state index in [0.29, 0.717) is 24.8 Å². The van der Waals surface area contributed by atoms with E-state index in [1.165, 1.54) is 6.21 Å².